The molecule has 0 saturated carbocycles. The van der Waals surface area contributed by atoms with Crippen LogP contribution in [0.3, 0.4) is 0 Å². The summed E-state index contributed by atoms with van der Waals surface area (Å²) in [5.74, 6) is -0.123. The number of halogens is 1. The molecule has 0 aromatic heterocycles. The summed E-state index contributed by atoms with van der Waals surface area (Å²) in [4.78, 5) is 12.6. The van der Waals surface area contributed by atoms with Crippen molar-refractivity contribution < 1.29 is 17.9 Å². The first-order valence-electron chi connectivity index (χ1n) is 9.41. The Morgan fingerprint density at radius 2 is 1.86 bits per heavy atom. The Morgan fingerprint density at radius 1 is 1.18 bits per heavy atom. The number of nitrogens with zero attached hydrogens (tertiary/aromatic N) is 1. The van der Waals surface area contributed by atoms with E-state index in [1.54, 1.807) is 13.2 Å². The van der Waals surface area contributed by atoms with Gasteiger partial charge in [0, 0.05) is 45.8 Å². The molecule has 9 heteroatoms. The fraction of sp³-hybridized carbons (Fsp3) is 0.632. The monoisotopic (exact) mass is 433 g/mol. The minimum atomic E-state index is -3.51. The van der Waals surface area contributed by atoms with Gasteiger partial charge in [0.25, 0.3) is 0 Å². The normalized spacial score (nSPS) is 15.8. The van der Waals surface area contributed by atoms with Crippen LogP contribution in [0.15, 0.2) is 23.1 Å². The van der Waals surface area contributed by atoms with Gasteiger partial charge in [-0.15, -0.1) is 12.4 Å². The number of methoxy groups -OCH3 is 1. The minimum Gasteiger partial charge on any atom is -0.383 e. The molecule has 1 fully saturated rings. The quantitative estimate of drug-likeness (QED) is 0.576. The van der Waals surface area contributed by atoms with Crippen LogP contribution >= 0.6 is 12.4 Å². The molecule has 28 heavy (non-hydrogen) atoms. The highest BCUT2D eigenvalue weighted by atomic mass is 35.5. The molecule has 2 rings (SSSR count). The van der Waals surface area contributed by atoms with E-state index in [1.807, 2.05) is 26.0 Å². The molecule has 1 aromatic carbocycles. The Bertz CT molecular complexity index is 735. The van der Waals surface area contributed by atoms with Crippen molar-refractivity contribution in [2.24, 2.45) is 5.92 Å². The van der Waals surface area contributed by atoms with Crippen molar-refractivity contribution in [3.63, 3.8) is 0 Å². The highest BCUT2D eigenvalue weighted by Crippen LogP contribution is 2.26. The van der Waals surface area contributed by atoms with Crippen molar-refractivity contribution in [1.82, 2.24) is 14.9 Å². The Labute approximate surface area is 174 Å². The maximum Gasteiger partial charge on any atom is 0.243 e. The van der Waals surface area contributed by atoms with Crippen LogP contribution in [0.4, 0.5) is 0 Å². The number of amides is 1. The lowest BCUT2D eigenvalue weighted by Gasteiger charge is -2.31. The largest absolute Gasteiger partial charge is 0.383 e. The number of sulfonamides is 1. The van der Waals surface area contributed by atoms with Gasteiger partial charge in [0.2, 0.25) is 15.9 Å². The van der Waals surface area contributed by atoms with Crippen molar-refractivity contribution in [2.45, 2.75) is 31.6 Å². The van der Waals surface area contributed by atoms with E-state index in [2.05, 4.69) is 10.6 Å². The molecule has 0 aliphatic carbocycles. The van der Waals surface area contributed by atoms with Crippen LogP contribution in [0.25, 0.3) is 0 Å². The van der Waals surface area contributed by atoms with Crippen molar-refractivity contribution in [2.75, 3.05) is 46.4 Å². The molecule has 160 valence electrons. The summed E-state index contributed by atoms with van der Waals surface area (Å²) in [5, 5.41) is 6.09. The van der Waals surface area contributed by atoms with Gasteiger partial charge in [0.1, 0.15) is 0 Å². The summed E-state index contributed by atoms with van der Waals surface area (Å²) in [6, 6.07) is 5.38. The molecule has 1 aromatic rings. The van der Waals surface area contributed by atoms with Gasteiger partial charge in [-0.05, 0) is 38.3 Å². The molecule has 0 unspecified atom stereocenters. The summed E-state index contributed by atoms with van der Waals surface area (Å²) in [7, 11) is -1.86. The van der Waals surface area contributed by atoms with E-state index in [4.69, 9.17) is 4.74 Å². The summed E-state index contributed by atoms with van der Waals surface area (Å²) in [5.41, 5.74) is 1.80. The summed E-state index contributed by atoms with van der Waals surface area (Å²) < 4.78 is 32.2. The first-order valence-corrected chi connectivity index (χ1v) is 10.8. The number of piperidine rings is 1. The van der Waals surface area contributed by atoms with Gasteiger partial charge >= 0.3 is 0 Å². The van der Waals surface area contributed by atoms with E-state index in [0.29, 0.717) is 50.5 Å². The number of carbonyl (C=O) groups is 1. The van der Waals surface area contributed by atoms with Crippen molar-refractivity contribution >= 4 is 28.3 Å². The average molecular weight is 434 g/mol. The van der Waals surface area contributed by atoms with Gasteiger partial charge in [-0.2, -0.15) is 4.31 Å². The van der Waals surface area contributed by atoms with Gasteiger partial charge in [-0.25, -0.2) is 8.42 Å². The zero-order chi connectivity index (χ0) is 19.9. The molecule has 1 aliphatic heterocycles. The first-order chi connectivity index (χ1) is 12.9. The first kappa shape index (κ1) is 24.8. The summed E-state index contributed by atoms with van der Waals surface area (Å²) >= 11 is 0. The summed E-state index contributed by atoms with van der Waals surface area (Å²) in [6.07, 6.45) is 1.10. The lowest BCUT2D eigenvalue weighted by atomic mass is 9.97. The fourth-order valence-electron chi connectivity index (χ4n) is 3.30. The van der Waals surface area contributed by atoms with E-state index >= 15 is 0 Å². The Morgan fingerprint density at radius 3 is 2.46 bits per heavy atom. The topological polar surface area (TPSA) is 87.7 Å². The van der Waals surface area contributed by atoms with Crippen LogP contribution in [-0.2, 0) is 19.6 Å². The molecule has 7 nitrogen and oxygen atoms in total. The Hall–Kier alpha value is -1.19. The van der Waals surface area contributed by atoms with E-state index < -0.39 is 10.0 Å². The predicted molar refractivity (Wildman–Crippen MR) is 112 cm³/mol. The third kappa shape index (κ3) is 6.70. The molecular formula is C19H32ClN3O4S. The Balaban J connectivity index is 0.00000392. The van der Waals surface area contributed by atoms with Crippen LogP contribution in [0.2, 0.25) is 0 Å². The maximum absolute atomic E-state index is 12.9. The number of hydrogen-bond acceptors (Lipinski definition) is 5. The lowest BCUT2D eigenvalue weighted by molar-refractivity contribution is -0.126. The molecule has 0 radical (unpaired) electrons. The average Bonchev–Trinajstić information content (AvgIpc) is 2.64. The molecular weight excluding hydrogens is 402 g/mol. The highest BCUT2D eigenvalue weighted by molar-refractivity contribution is 7.89. The van der Waals surface area contributed by atoms with Gasteiger partial charge in [-0.3, -0.25) is 4.79 Å². The van der Waals surface area contributed by atoms with Crippen molar-refractivity contribution in [3.05, 3.63) is 29.3 Å². The van der Waals surface area contributed by atoms with Crippen LogP contribution in [0.5, 0.6) is 0 Å². The van der Waals surface area contributed by atoms with Gasteiger partial charge in [-0.1, -0.05) is 17.7 Å². The zero-order valence-corrected chi connectivity index (χ0v) is 18.5. The highest BCUT2D eigenvalue weighted by Gasteiger charge is 2.32. The molecule has 0 bridgehead atoms. The van der Waals surface area contributed by atoms with Crippen molar-refractivity contribution in [3.8, 4) is 0 Å². The van der Waals surface area contributed by atoms with E-state index in [1.165, 1.54) is 4.31 Å². The van der Waals surface area contributed by atoms with Crippen LogP contribution in [0, 0.1) is 19.8 Å². The number of nitrogens with one attached hydrogen (secondary N) is 2. The molecule has 2 N–H and O–H groups in total. The number of rotatable bonds is 9. The molecule has 1 amide bonds. The number of aryl methyl sites for hydroxylation is 2. The predicted octanol–water partition coefficient (Wildman–Crippen LogP) is 1.48. The van der Waals surface area contributed by atoms with Crippen molar-refractivity contribution in [1.29, 1.82) is 0 Å². The fourth-order valence-corrected chi connectivity index (χ4v) is 4.98. The number of hydrogen-bond donors (Lipinski definition) is 2. The van der Waals surface area contributed by atoms with E-state index in [9.17, 15) is 13.2 Å². The minimum absolute atomic E-state index is 0. The maximum atomic E-state index is 12.9. The van der Waals surface area contributed by atoms with E-state index in [0.717, 1.165) is 17.7 Å². The van der Waals surface area contributed by atoms with Crippen LogP contribution in [0.1, 0.15) is 24.0 Å². The number of carbonyl (C=O) groups excluding carboxylic acids is 1. The van der Waals surface area contributed by atoms with Crippen LogP contribution < -0.4 is 10.6 Å². The Kier molecular flexibility index (Phi) is 10.4. The number of benzene rings is 1. The third-order valence-corrected chi connectivity index (χ3v) is 6.92. The van der Waals surface area contributed by atoms with Gasteiger partial charge in [0.15, 0.2) is 0 Å². The second-order valence-electron chi connectivity index (χ2n) is 6.98. The number of ether oxygens (including phenoxy) is 1. The van der Waals surface area contributed by atoms with Gasteiger partial charge in [0.05, 0.1) is 11.5 Å². The van der Waals surface area contributed by atoms with Crippen LogP contribution in [-0.4, -0.2) is 65.1 Å². The smallest absolute Gasteiger partial charge is 0.243 e. The molecule has 0 atom stereocenters. The molecule has 1 aliphatic rings. The molecule has 0 spiro atoms. The standard InChI is InChI=1S/C19H31N3O4S.ClH/c1-15-4-5-18(16(2)14-15)27(24,25)22-11-6-17(7-12-22)19(23)21-9-8-20-10-13-26-3;/h4-5,14,17,20H,6-13H2,1-3H3,(H,21,23);1H. The molecule has 1 heterocycles. The molecule has 1 saturated heterocycles. The lowest BCUT2D eigenvalue weighted by Crippen LogP contribution is -2.44. The third-order valence-electron chi connectivity index (χ3n) is 4.86. The van der Waals surface area contributed by atoms with Gasteiger partial charge < -0.3 is 15.4 Å². The van der Waals surface area contributed by atoms with E-state index in [-0.39, 0.29) is 24.2 Å². The second-order valence-corrected chi connectivity index (χ2v) is 8.89. The SMILES string of the molecule is COCCNCCNC(=O)C1CCN(S(=O)(=O)c2ccc(C)cc2C)CC1.Cl. The summed E-state index contributed by atoms with van der Waals surface area (Å²) in [6.45, 7) is 7.15. The zero-order valence-electron chi connectivity index (χ0n) is 16.9. The second kappa shape index (κ2) is 11.7.